The van der Waals surface area contributed by atoms with E-state index in [1.165, 1.54) is 57.8 Å². The SMILES string of the molecule is CC1(NC(=O)NCCCCCCCCCCCC(=O)O)CC2CCCC(C2)C1. The second-order valence-corrected chi connectivity index (χ2v) is 9.57. The smallest absolute Gasteiger partial charge is 0.315 e. The molecule has 28 heavy (non-hydrogen) atoms. The van der Waals surface area contributed by atoms with Crippen molar-refractivity contribution in [2.24, 2.45) is 11.8 Å². The van der Waals surface area contributed by atoms with Gasteiger partial charge in [-0.15, -0.1) is 0 Å². The maximum Gasteiger partial charge on any atom is 0.315 e. The Labute approximate surface area is 171 Å². The van der Waals surface area contributed by atoms with E-state index in [-0.39, 0.29) is 11.6 Å². The molecule has 0 saturated heterocycles. The first kappa shape index (κ1) is 23.0. The van der Waals surface area contributed by atoms with Crippen molar-refractivity contribution < 1.29 is 14.7 Å². The van der Waals surface area contributed by atoms with E-state index in [2.05, 4.69) is 17.6 Å². The van der Waals surface area contributed by atoms with Gasteiger partial charge in [0.1, 0.15) is 0 Å². The number of hydrogen-bond acceptors (Lipinski definition) is 2. The molecule has 0 aromatic rings. The van der Waals surface area contributed by atoms with Gasteiger partial charge in [-0.1, -0.05) is 64.2 Å². The van der Waals surface area contributed by atoms with Gasteiger partial charge in [-0.3, -0.25) is 4.79 Å². The van der Waals surface area contributed by atoms with E-state index in [0.29, 0.717) is 6.42 Å². The lowest BCUT2D eigenvalue weighted by Crippen LogP contribution is -2.54. The number of amides is 2. The molecular formula is C23H42N2O3. The lowest BCUT2D eigenvalue weighted by atomic mass is 9.65. The normalized spacial score (nSPS) is 26.6. The number of fused-ring (bicyclic) bond motifs is 2. The van der Waals surface area contributed by atoms with Crippen molar-refractivity contribution in [2.75, 3.05) is 6.54 Å². The highest BCUT2D eigenvalue weighted by Gasteiger charge is 2.39. The predicted molar refractivity (Wildman–Crippen MR) is 113 cm³/mol. The number of urea groups is 1. The van der Waals surface area contributed by atoms with E-state index in [4.69, 9.17) is 5.11 Å². The number of carboxylic acid groups (broad SMARTS) is 1. The van der Waals surface area contributed by atoms with Crippen molar-refractivity contribution >= 4 is 12.0 Å². The molecule has 0 heterocycles. The monoisotopic (exact) mass is 394 g/mol. The molecule has 2 aliphatic carbocycles. The summed E-state index contributed by atoms with van der Waals surface area (Å²) >= 11 is 0. The second kappa shape index (κ2) is 12.3. The third kappa shape index (κ3) is 9.29. The van der Waals surface area contributed by atoms with E-state index in [0.717, 1.165) is 56.9 Å². The van der Waals surface area contributed by atoms with Crippen molar-refractivity contribution in [1.82, 2.24) is 10.6 Å². The molecule has 2 rings (SSSR count). The average Bonchev–Trinajstić information content (AvgIpc) is 2.61. The maximum atomic E-state index is 12.3. The molecule has 2 atom stereocenters. The molecule has 0 aromatic heterocycles. The first-order valence-corrected chi connectivity index (χ1v) is 11.7. The molecule has 0 radical (unpaired) electrons. The molecule has 162 valence electrons. The topological polar surface area (TPSA) is 78.4 Å². The van der Waals surface area contributed by atoms with Crippen LogP contribution in [-0.2, 0) is 4.79 Å². The number of carbonyl (C=O) groups is 2. The third-order valence-electron chi connectivity index (χ3n) is 6.64. The molecule has 2 unspecified atom stereocenters. The van der Waals surface area contributed by atoms with Crippen LogP contribution in [-0.4, -0.2) is 29.2 Å². The zero-order valence-corrected chi connectivity index (χ0v) is 17.9. The van der Waals surface area contributed by atoms with Gasteiger partial charge in [0, 0.05) is 18.5 Å². The molecule has 2 saturated carbocycles. The van der Waals surface area contributed by atoms with Gasteiger partial charge < -0.3 is 15.7 Å². The van der Waals surface area contributed by atoms with Crippen molar-refractivity contribution in [3.05, 3.63) is 0 Å². The van der Waals surface area contributed by atoms with Crippen molar-refractivity contribution in [3.63, 3.8) is 0 Å². The fourth-order valence-electron chi connectivity index (χ4n) is 5.39. The number of hydrogen-bond donors (Lipinski definition) is 3. The Morgan fingerprint density at radius 3 is 2.00 bits per heavy atom. The Kier molecular flexibility index (Phi) is 10.1. The van der Waals surface area contributed by atoms with Gasteiger partial charge in [0.25, 0.3) is 0 Å². The highest BCUT2D eigenvalue weighted by molar-refractivity contribution is 5.74. The number of carbonyl (C=O) groups excluding carboxylic acids is 1. The summed E-state index contributed by atoms with van der Waals surface area (Å²) in [4.78, 5) is 22.7. The standard InChI is InChI=1S/C23H42N2O3/c1-23(17-19-12-11-13-20(16-19)18-23)25-22(28)24-15-10-8-6-4-2-3-5-7-9-14-21(26)27/h19-20H,2-18H2,1H3,(H,26,27)(H2,24,25,28). The van der Waals surface area contributed by atoms with Gasteiger partial charge in [0.2, 0.25) is 0 Å². The van der Waals surface area contributed by atoms with Gasteiger partial charge in [-0.25, -0.2) is 4.79 Å². The summed E-state index contributed by atoms with van der Waals surface area (Å²) in [5.74, 6) is 0.947. The lowest BCUT2D eigenvalue weighted by molar-refractivity contribution is -0.137. The van der Waals surface area contributed by atoms with Crippen molar-refractivity contribution in [1.29, 1.82) is 0 Å². The van der Waals surface area contributed by atoms with E-state index >= 15 is 0 Å². The van der Waals surface area contributed by atoms with Crippen LogP contribution in [0.1, 0.15) is 110 Å². The number of aliphatic carboxylic acids is 1. The molecule has 0 aliphatic heterocycles. The second-order valence-electron chi connectivity index (χ2n) is 9.57. The molecule has 3 N–H and O–H groups in total. The van der Waals surface area contributed by atoms with Gasteiger partial charge >= 0.3 is 12.0 Å². The van der Waals surface area contributed by atoms with Crippen LogP contribution < -0.4 is 10.6 Å². The highest BCUT2D eigenvalue weighted by Crippen LogP contribution is 2.44. The molecule has 0 aromatic carbocycles. The molecule has 2 bridgehead atoms. The fraction of sp³-hybridized carbons (Fsp3) is 0.913. The molecular weight excluding hydrogens is 352 g/mol. The summed E-state index contributed by atoms with van der Waals surface area (Å²) in [5.41, 5.74) is -0.0114. The molecule has 5 nitrogen and oxygen atoms in total. The Morgan fingerprint density at radius 1 is 0.893 bits per heavy atom. The van der Waals surface area contributed by atoms with Crippen molar-refractivity contribution in [3.8, 4) is 0 Å². The summed E-state index contributed by atoms with van der Waals surface area (Å²) in [6.45, 7) is 3.00. The highest BCUT2D eigenvalue weighted by atomic mass is 16.4. The molecule has 0 spiro atoms. The summed E-state index contributed by atoms with van der Waals surface area (Å²) in [5, 5.41) is 14.9. The largest absolute Gasteiger partial charge is 0.481 e. The first-order chi connectivity index (χ1) is 13.5. The molecule has 2 amide bonds. The lowest BCUT2D eigenvalue weighted by Gasteiger charge is -2.45. The van der Waals surface area contributed by atoms with Gasteiger partial charge in [0.05, 0.1) is 0 Å². The number of carboxylic acids is 1. The Balaban J connectivity index is 1.41. The fourth-order valence-corrected chi connectivity index (χ4v) is 5.39. The Morgan fingerprint density at radius 2 is 1.43 bits per heavy atom. The molecule has 5 heteroatoms. The quantitative estimate of drug-likeness (QED) is 0.354. The van der Waals surface area contributed by atoms with E-state index in [9.17, 15) is 9.59 Å². The van der Waals surface area contributed by atoms with Crippen molar-refractivity contribution in [2.45, 2.75) is 115 Å². The predicted octanol–water partition coefficient (Wildman–Crippen LogP) is 5.63. The van der Waals surface area contributed by atoms with Crippen LogP contribution in [0.4, 0.5) is 4.79 Å². The molecule has 2 aliphatic rings. The van der Waals surface area contributed by atoms with Crippen LogP contribution >= 0.6 is 0 Å². The number of rotatable bonds is 13. The average molecular weight is 395 g/mol. The summed E-state index contributed by atoms with van der Waals surface area (Å²) in [7, 11) is 0. The van der Waals surface area contributed by atoms with E-state index in [1.54, 1.807) is 0 Å². The minimum atomic E-state index is -0.683. The van der Waals surface area contributed by atoms with Crippen LogP contribution in [0.25, 0.3) is 0 Å². The van der Waals surface area contributed by atoms with Crippen LogP contribution in [0, 0.1) is 11.8 Å². The number of nitrogens with one attached hydrogen (secondary N) is 2. The van der Waals surface area contributed by atoms with Crippen LogP contribution in [0.3, 0.4) is 0 Å². The maximum absolute atomic E-state index is 12.3. The Bertz CT molecular complexity index is 468. The molecule has 2 fully saturated rings. The third-order valence-corrected chi connectivity index (χ3v) is 6.64. The summed E-state index contributed by atoms with van der Waals surface area (Å²) in [6, 6.07) is 0.0174. The zero-order valence-electron chi connectivity index (χ0n) is 17.9. The summed E-state index contributed by atoms with van der Waals surface area (Å²) < 4.78 is 0. The van der Waals surface area contributed by atoms with Crippen LogP contribution in [0.2, 0.25) is 0 Å². The number of unbranched alkanes of at least 4 members (excludes halogenated alkanes) is 8. The van der Waals surface area contributed by atoms with Crippen LogP contribution in [0.15, 0.2) is 0 Å². The van der Waals surface area contributed by atoms with E-state index < -0.39 is 5.97 Å². The zero-order chi connectivity index (χ0) is 20.2. The summed E-state index contributed by atoms with van der Waals surface area (Å²) in [6.07, 6.45) is 18.2. The van der Waals surface area contributed by atoms with Gasteiger partial charge in [-0.2, -0.15) is 0 Å². The van der Waals surface area contributed by atoms with Crippen LogP contribution in [0.5, 0.6) is 0 Å². The minimum Gasteiger partial charge on any atom is -0.481 e. The minimum absolute atomic E-state index is 0.0114. The first-order valence-electron chi connectivity index (χ1n) is 11.7. The van der Waals surface area contributed by atoms with E-state index in [1.807, 2.05) is 0 Å². The van der Waals surface area contributed by atoms with Gasteiger partial charge in [0.15, 0.2) is 0 Å². The van der Waals surface area contributed by atoms with Gasteiger partial charge in [-0.05, 0) is 50.9 Å². The Hall–Kier alpha value is -1.26.